The summed E-state index contributed by atoms with van der Waals surface area (Å²) in [5.74, 6) is 0.114. The van der Waals surface area contributed by atoms with E-state index in [4.69, 9.17) is 0 Å². The van der Waals surface area contributed by atoms with Crippen molar-refractivity contribution in [2.75, 3.05) is 11.9 Å². The number of hydrogen-bond donors (Lipinski definition) is 2. The molecular weight excluding hydrogens is 298 g/mol. The molecule has 1 aliphatic heterocycles. The Labute approximate surface area is 141 Å². The van der Waals surface area contributed by atoms with Crippen LogP contribution in [0.5, 0.6) is 0 Å². The number of nitrogens with zero attached hydrogens (tertiary/aromatic N) is 1. The Morgan fingerprint density at radius 2 is 1.96 bits per heavy atom. The first-order valence-electron chi connectivity index (χ1n) is 8.83. The van der Waals surface area contributed by atoms with E-state index in [1.165, 1.54) is 21.8 Å². The molecule has 0 unspecified atom stereocenters. The normalized spacial score (nSPS) is 18.5. The predicted molar refractivity (Wildman–Crippen MR) is 99.4 cm³/mol. The Bertz CT molecular complexity index is 896. The minimum absolute atomic E-state index is 0.114. The highest BCUT2D eigenvalue weighted by Crippen LogP contribution is 2.31. The van der Waals surface area contributed by atoms with Gasteiger partial charge in [0.15, 0.2) is 0 Å². The van der Waals surface area contributed by atoms with Crippen LogP contribution in [0.3, 0.4) is 0 Å². The van der Waals surface area contributed by atoms with Crippen molar-refractivity contribution in [2.45, 2.75) is 38.8 Å². The first kappa shape index (κ1) is 15.1. The van der Waals surface area contributed by atoms with Crippen LogP contribution in [0, 0.1) is 0 Å². The van der Waals surface area contributed by atoms with Crippen LogP contribution in [-0.2, 0) is 11.3 Å². The lowest BCUT2D eigenvalue weighted by molar-refractivity contribution is -0.121. The number of carbonyl (C=O) groups excluding carboxylic acids is 1. The lowest BCUT2D eigenvalue weighted by atomic mass is 10.1. The summed E-state index contributed by atoms with van der Waals surface area (Å²) >= 11 is 0. The van der Waals surface area contributed by atoms with Gasteiger partial charge in [0.05, 0.1) is 0 Å². The molecule has 0 saturated carbocycles. The number of carbonyl (C=O) groups is 1. The zero-order valence-electron chi connectivity index (χ0n) is 14.0. The zero-order chi connectivity index (χ0) is 16.5. The molecule has 4 nitrogen and oxygen atoms in total. The van der Waals surface area contributed by atoms with Crippen LogP contribution >= 0.6 is 0 Å². The molecule has 4 rings (SSSR count). The molecule has 24 heavy (non-hydrogen) atoms. The van der Waals surface area contributed by atoms with E-state index in [-0.39, 0.29) is 11.9 Å². The molecule has 3 aromatic rings. The maximum Gasteiger partial charge on any atom is 0.242 e. The Morgan fingerprint density at radius 3 is 2.83 bits per heavy atom. The quantitative estimate of drug-likeness (QED) is 0.768. The second-order valence-corrected chi connectivity index (χ2v) is 6.48. The molecule has 2 aromatic carbocycles. The summed E-state index contributed by atoms with van der Waals surface area (Å²) in [5.41, 5.74) is 3.53. The number of aryl methyl sites for hydroxylation is 1. The van der Waals surface area contributed by atoms with E-state index < -0.39 is 0 Å². The molecule has 0 aliphatic carbocycles. The van der Waals surface area contributed by atoms with Gasteiger partial charge in [0.1, 0.15) is 6.04 Å². The van der Waals surface area contributed by atoms with E-state index in [1.54, 1.807) is 0 Å². The minimum atomic E-state index is -0.135. The van der Waals surface area contributed by atoms with Crippen molar-refractivity contribution in [1.82, 2.24) is 9.88 Å². The van der Waals surface area contributed by atoms with Gasteiger partial charge in [-0.2, -0.15) is 0 Å². The van der Waals surface area contributed by atoms with Crippen molar-refractivity contribution in [3.05, 3.63) is 42.5 Å². The van der Waals surface area contributed by atoms with Crippen molar-refractivity contribution in [2.24, 2.45) is 0 Å². The topological polar surface area (TPSA) is 46.1 Å². The molecule has 2 heterocycles. The Balaban J connectivity index is 1.75. The standard InChI is InChI=1S/C20H23N3O/c1-2-23-18-9-4-3-7-15(18)16-13-14(10-11-19(16)23)22-17-8-5-6-12-21-20(17)24/h3-4,7,9-11,13,17,22H,2,5-6,8,12H2,1H3,(H,21,24)/t17-/m1/s1. The number of hydrogen-bond acceptors (Lipinski definition) is 2. The summed E-state index contributed by atoms with van der Waals surface area (Å²) < 4.78 is 2.34. The van der Waals surface area contributed by atoms with Gasteiger partial charge in [0.25, 0.3) is 0 Å². The van der Waals surface area contributed by atoms with Gasteiger partial charge in [-0.15, -0.1) is 0 Å². The predicted octanol–water partition coefficient (Wildman–Crippen LogP) is 3.90. The van der Waals surface area contributed by atoms with Crippen LogP contribution in [0.1, 0.15) is 26.2 Å². The first-order chi connectivity index (χ1) is 11.8. The minimum Gasteiger partial charge on any atom is -0.374 e. The molecule has 0 spiro atoms. The van der Waals surface area contributed by atoms with Crippen LogP contribution in [0.2, 0.25) is 0 Å². The van der Waals surface area contributed by atoms with Gasteiger partial charge < -0.3 is 15.2 Å². The number of para-hydroxylation sites is 1. The molecule has 0 bridgehead atoms. The third-order valence-electron chi connectivity index (χ3n) is 4.96. The molecule has 4 heteroatoms. The Kier molecular flexibility index (Phi) is 3.89. The largest absolute Gasteiger partial charge is 0.374 e. The van der Waals surface area contributed by atoms with E-state index in [1.807, 2.05) is 0 Å². The second-order valence-electron chi connectivity index (χ2n) is 6.48. The highest BCUT2D eigenvalue weighted by Gasteiger charge is 2.20. The third-order valence-corrected chi connectivity index (χ3v) is 4.96. The van der Waals surface area contributed by atoms with Gasteiger partial charge in [0.2, 0.25) is 5.91 Å². The molecule has 1 fully saturated rings. The van der Waals surface area contributed by atoms with E-state index >= 15 is 0 Å². The van der Waals surface area contributed by atoms with Crippen LogP contribution in [0.15, 0.2) is 42.5 Å². The average molecular weight is 321 g/mol. The summed E-state index contributed by atoms with van der Waals surface area (Å²) in [6.07, 6.45) is 3.03. The number of anilines is 1. The van der Waals surface area contributed by atoms with Gasteiger partial charge in [-0.1, -0.05) is 18.2 Å². The Hall–Kier alpha value is -2.49. The first-order valence-corrected chi connectivity index (χ1v) is 8.83. The maximum absolute atomic E-state index is 12.2. The number of rotatable bonds is 3. The number of amides is 1. The summed E-state index contributed by atoms with van der Waals surface area (Å²) in [5, 5.41) is 8.93. The highest BCUT2D eigenvalue weighted by molar-refractivity contribution is 6.09. The van der Waals surface area contributed by atoms with E-state index in [9.17, 15) is 4.79 Å². The second kappa shape index (κ2) is 6.19. The molecule has 2 N–H and O–H groups in total. The molecular formula is C20H23N3O. The SMILES string of the molecule is CCn1c2ccccc2c2cc(N[C@@H]3CCCCNC3=O)ccc21. The Morgan fingerprint density at radius 1 is 1.12 bits per heavy atom. The fourth-order valence-electron chi connectivity index (χ4n) is 3.76. The van der Waals surface area contributed by atoms with Crippen molar-refractivity contribution in [3.63, 3.8) is 0 Å². The molecule has 1 aliphatic rings. The van der Waals surface area contributed by atoms with Gasteiger partial charge in [-0.25, -0.2) is 0 Å². The highest BCUT2D eigenvalue weighted by atomic mass is 16.2. The monoisotopic (exact) mass is 321 g/mol. The summed E-state index contributed by atoms with van der Waals surface area (Å²) in [4.78, 5) is 12.2. The molecule has 1 aromatic heterocycles. The maximum atomic E-state index is 12.2. The molecule has 1 atom stereocenters. The average Bonchev–Trinajstić information content (AvgIpc) is 2.79. The van der Waals surface area contributed by atoms with Crippen molar-refractivity contribution in [3.8, 4) is 0 Å². The van der Waals surface area contributed by atoms with E-state index in [0.717, 1.165) is 38.0 Å². The fourth-order valence-corrected chi connectivity index (χ4v) is 3.76. The van der Waals surface area contributed by atoms with Crippen LogP contribution in [-0.4, -0.2) is 23.1 Å². The van der Waals surface area contributed by atoms with Crippen LogP contribution in [0.25, 0.3) is 21.8 Å². The zero-order valence-corrected chi connectivity index (χ0v) is 14.0. The van der Waals surface area contributed by atoms with Crippen LogP contribution in [0.4, 0.5) is 5.69 Å². The lowest BCUT2D eigenvalue weighted by Gasteiger charge is -2.16. The number of nitrogens with one attached hydrogen (secondary N) is 2. The molecule has 1 saturated heterocycles. The summed E-state index contributed by atoms with van der Waals surface area (Å²) in [7, 11) is 0. The third kappa shape index (κ3) is 2.52. The fraction of sp³-hybridized carbons (Fsp3) is 0.350. The van der Waals surface area contributed by atoms with Crippen molar-refractivity contribution >= 4 is 33.4 Å². The number of fused-ring (bicyclic) bond motifs is 3. The van der Waals surface area contributed by atoms with Crippen LogP contribution < -0.4 is 10.6 Å². The van der Waals surface area contributed by atoms with E-state index in [0.29, 0.717) is 0 Å². The van der Waals surface area contributed by atoms with E-state index in [2.05, 4.69) is 64.6 Å². The number of benzene rings is 2. The van der Waals surface area contributed by atoms with Gasteiger partial charge in [0, 0.05) is 40.6 Å². The number of aromatic nitrogens is 1. The van der Waals surface area contributed by atoms with Gasteiger partial charge in [-0.05, 0) is 50.5 Å². The van der Waals surface area contributed by atoms with Gasteiger partial charge in [-0.3, -0.25) is 4.79 Å². The van der Waals surface area contributed by atoms with Crippen molar-refractivity contribution < 1.29 is 4.79 Å². The molecule has 0 radical (unpaired) electrons. The lowest BCUT2D eigenvalue weighted by Crippen LogP contribution is -2.37. The van der Waals surface area contributed by atoms with Gasteiger partial charge >= 0.3 is 0 Å². The molecule has 124 valence electrons. The summed E-state index contributed by atoms with van der Waals surface area (Å²) in [6, 6.07) is 14.8. The van der Waals surface area contributed by atoms with Crippen molar-refractivity contribution in [1.29, 1.82) is 0 Å². The smallest absolute Gasteiger partial charge is 0.242 e. The molecule has 1 amide bonds. The summed E-state index contributed by atoms with van der Waals surface area (Å²) in [6.45, 7) is 3.91.